The second-order valence-corrected chi connectivity index (χ2v) is 5.46. The first-order valence-corrected chi connectivity index (χ1v) is 8.40. The lowest BCUT2D eigenvalue weighted by atomic mass is 10.4. The van der Waals surface area contributed by atoms with Gasteiger partial charge in [0.15, 0.2) is 5.82 Å². The van der Waals surface area contributed by atoms with Gasteiger partial charge in [0.25, 0.3) is 0 Å². The standard InChI is InChI=1S/C9H7N7.C9H6N4/c1-2-4-10-7(3-1)16-6-5-11-9(16)8-12-14-15-13-8;10-7-9-12-5-6-13(9)8-3-1-2-4-11-8/h1-6H,(H,12,13,14,15);1-6H. The summed E-state index contributed by atoms with van der Waals surface area (Å²) < 4.78 is 3.44. The smallest absolute Gasteiger partial charge is 0.240 e. The summed E-state index contributed by atoms with van der Waals surface area (Å²) in [4.78, 5) is 16.4. The fraction of sp³-hybridized carbons (Fsp3) is 0. The Bertz CT molecular complexity index is 1200. The van der Waals surface area contributed by atoms with E-state index in [1.54, 1.807) is 46.3 Å². The van der Waals surface area contributed by atoms with Gasteiger partial charge in [0.05, 0.1) is 0 Å². The molecular weight excluding hydrogens is 370 g/mol. The maximum atomic E-state index is 8.71. The van der Waals surface area contributed by atoms with Crippen LogP contribution in [0.4, 0.5) is 0 Å². The van der Waals surface area contributed by atoms with Crippen LogP contribution in [0.1, 0.15) is 5.82 Å². The number of hydrogen-bond donors (Lipinski definition) is 1. The molecule has 0 aromatic carbocycles. The molecule has 5 aromatic heterocycles. The van der Waals surface area contributed by atoms with Gasteiger partial charge >= 0.3 is 0 Å². The first kappa shape index (κ1) is 17.7. The van der Waals surface area contributed by atoms with Crippen LogP contribution in [0.15, 0.2) is 73.6 Å². The zero-order valence-electron chi connectivity index (χ0n) is 14.9. The van der Waals surface area contributed by atoms with Crippen LogP contribution in [0.3, 0.4) is 0 Å². The molecule has 11 heteroatoms. The molecule has 0 spiro atoms. The van der Waals surface area contributed by atoms with Gasteiger partial charge in [0, 0.05) is 37.2 Å². The molecule has 0 saturated heterocycles. The van der Waals surface area contributed by atoms with E-state index in [9.17, 15) is 0 Å². The SMILES string of the molecule is N#Cc1nccn1-c1ccccn1.c1ccc(-n2ccnc2-c2nn[nH]n2)nc1. The number of imidazole rings is 2. The normalized spacial score (nSPS) is 10.0. The summed E-state index contributed by atoms with van der Waals surface area (Å²) in [5.74, 6) is 2.86. The molecule has 0 aliphatic heterocycles. The topological polar surface area (TPSA) is 140 Å². The van der Waals surface area contributed by atoms with E-state index < -0.39 is 0 Å². The van der Waals surface area contributed by atoms with Crippen LogP contribution < -0.4 is 0 Å². The highest BCUT2D eigenvalue weighted by Gasteiger charge is 2.11. The molecule has 1 N–H and O–H groups in total. The summed E-state index contributed by atoms with van der Waals surface area (Å²) in [5.41, 5.74) is 0. The van der Waals surface area contributed by atoms with Gasteiger partial charge in [-0.05, 0) is 29.5 Å². The predicted molar refractivity (Wildman–Crippen MR) is 101 cm³/mol. The summed E-state index contributed by atoms with van der Waals surface area (Å²) >= 11 is 0. The quantitative estimate of drug-likeness (QED) is 0.495. The monoisotopic (exact) mass is 383 g/mol. The number of nitriles is 1. The third-order valence-corrected chi connectivity index (χ3v) is 3.72. The second kappa shape index (κ2) is 8.31. The van der Waals surface area contributed by atoms with Crippen molar-refractivity contribution < 1.29 is 0 Å². The summed E-state index contributed by atoms with van der Waals surface area (Å²) in [6.07, 6.45) is 10.1. The Labute approximate surface area is 164 Å². The molecule has 0 saturated carbocycles. The molecule has 0 amide bonds. The van der Waals surface area contributed by atoms with Crippen LogP contribution in [0, 0.1) is 11.3 Å². The Morgan fingerprint density at radius 2 is 1.48 bits per heavy atom. The number of H-pyrrole nitrogens is 1. The van der Waals surface area contributed by atoms with Crippen molar-refractivity contribution in [2.45, 2.75) is 0 Å². The Kier molecular flexibility index (Phi) is 5.07. The maximum absolute atomic E-state index is 8.71. The minimum Gasteiger partial charge on any atom is -0.281 e. The van der Waals surface area contributed by atoms with Gasteiger partial charge in [-0.25, -0.2) is 19.9 Å². The Morgan fingerprint density at radius 1 is 0.793 bits per heavy atom. The first-order chi connectivity index (χ1) is 14.4. The highest BCUT2D eigenvalue weighted by molar-refractivity contribution is 5.46. The zero-order valence-corrected chi connectivity index (χ0v) is 14.9. The lowest BCUT2D eigenvalue weighted by molar-refractivity contribution is 0.881. The van der Waals surface area contributed by atoms with E-state index in [1.165, 1.54) is 0 Å². The van der Waals surface area contributed by atoms with Crippen molar-refractivity contribution in [2.24, 2.45) is 0 Å². The van der Waals surface area contributed by atoms with Gasteiger partial charge in [-0.15, -0.1) is 10.2 Å². The third kappa shape index (κ3) is 3.86. The fourth-order valence-electron chi connectivity index (χ4n) is 2.47. The molecule has 5 heterocycles. The number of hydrogen-bond acceptors (Lipinski definition) is 8. The Hall–Kier alpha value is -4.72. The highest BCUT2D eigenvalue weighted by Crippen LogP contribution is 2.14. The molecule has 0 unspecified atom stereocenters. The minimum atomic E-state index is 0.346. The Morgan fingerprint density at radius 3 is 2.10 bits per heavy atom. The van der Waals surface area contributed by atoms with Crippen LogP contribution in [0.2, 0.25) is 0 Å². The fourth-order valence-corrected chi connectivity index (χ4v) is 2.47. The summed E-state index contributed by atoms with van der Waals surface area (Å²) in [6, 6.07) is 13.1. The summed E-state index contributed by atoms with van der Waals surface area (Å²) in [7, 11) is 0. The third-order valence-electron chi connectivity index (χ3n) is 3.72. The van der Waals surface area contributed by atoms with Crippen molar-refractivity contribution >= 4 is 0 Å². The van der Waals surface area contributed by atoms with E-state index in [-0.39, 0.29) is 0 Å². The molecule has 0 atom stereocenters. The van der Waals surface area contributed by atoms with Crippen molar-refractivity contribution in [1.82, 2.24) is 49.7 Å². The molecule has 0 bridgehead atoms. The average molecular weight is 383 g/mol. The number of nitrogens with one attached hydrogen (secondary N) is 1. The van der Waals surface area contributed by atoms with E-state index in [0.717, 1.165) is 5.82 Å². The van der Waals surface area contributed by atoms with Crippen LogP contribution >= 0.6 is 0 Å². The molecule has 5 rings (SSSR count). The zero-order chi connectivity index (χ0) is 19.9. The van der Waals surface area contributed by atoms with Crippen molar-refractivity contribution in [2.75, 3.05) is 0 Å². The molecule has 140 valence electrons. The van der Waals surface area contributed by atoms with Crippen LogP contribution in [-0.4, -0.2) is 49.7 Å². The van der Waals surface area contributed by atoms with Crippen molar-refractivity contribution in [3.8, 4) is 29.4 Å². The van der Waals surface area contributed by atoms with E-state index in [0.29, 0.717) is 23.3 Å². The number of rotatable bonds is 3. The van der Waals surface area contributed by atoms with Crippen molar-refractivity contribution in [1.29, 1.82) is 5.26 Å². The largest absolute Gasteiger partial charge is 0.281 e. The second-order valence-electron chi connectivity index (χ2n) is 5.46. The molecule has 0 aliphatic rings. The summed E-state index contributed by atoms with van der Waals surface area (Å²) in [6.45, 7) is 0. The molecule has 5 aromatic rings. The van der Waals surface area contributed by atoms with Gasteiger partial charge < -0.3 is 0 Å². The van der Waals surface area contributed by atoms with E-state index in [1.807, 2.05) is 42.5 Å². The van der Waals surface area contributed by atoms with Crippen molar-refractivity contribution in [3.63, 3.8) is 0 Å². The first-order valence-electron chi connectivity index (χ1n) is 8.40. The molecule has 29 heavy (non-hydrogen) atoms. The van der Waals surface area contributed by atoms with Gasteiger partial charge in [-0.3, -0.25) is 9.13 Å². The van der Waals surface area contributed by atoms with Crippen LogP contribution in [0.5, 0.6) is 0 Å². The molecule has 0 radical (unpaired) electrons. The summed E-state index contributed by atoms with van der Waals surface area (Å²) in [5, 5.41) is 22.4. The van der Waals surface area contributed by atoms with Gasteiger partial charge in [0.1, 0.15) is 17.7 Å². The maximum Gasteiger partial charge on any atom is 0.240 e. The van der Waals surface area contributed by atoms with E-state index in [2.05, 4.69) is 40.6 Å². The Balaban J connectivity index is 0.000000145. The van der Waals surface area contributed by atoms with E-state index in [4.69, 9.17) is 5.26 Å². The van der Waals surface area contributed by atoms with Crippen molar-refractivity contribution in [3.05, 3.63) is 79.4 Å². The number of pyridine rings is 2. The van der Waals surface area contributed by atoms with Gasteiger partial charge in [-0.2, -0.15) is 10.5 Å². The molecule has 11 nitrogen and oxygen atoms in total. The number of aromatic amines is 1. The average Bonchev–Trinajstić information content (AvgIpc) is 3.56. The molecule has 0 aliphatic carbocycles. The molecule has 0 fully saturated rings. The predicted octanol–water partition coefficient (Wildman–Crippen LogP) is 1.59. The lowest BCUT2D eigenvalue weighted by Crippen LogP contribution is -1.99. The van der Waals surface area contributed by atoms with Crippen LogP contribution in [-0.2, 0) is 0 Å². The minimum absolute atomic E-state index is 0.346. The number of nitrogens with zero attached hydrogens (tertiary/aromatic N) is 10. The van der Waals surface area contributed by atoms with Gasteiger partial charge in [0.2, 0.25) is 11.6 Å². The lowest BCUT2D eigenvalue weighted by Gasteiger charge is -2.02. The van der Waals surface area contributed by atoms with Crippen LogP contribution in [0.25, 0.3) is 23.3 Å². The highest BCUT2D eigenvalue weighted by atomic mass is 15.5. The number of tetrazole rings is 1. The van der Waals surface area contributed by atoms with Gasteiger partial charge in [-0.1, -0.05) is 12.1 Å². The number of aromatic nitrogens is 10. The van der Waals surface area contributed by atoms with E-state index >= 15 is 0 Å². The molecular formula is C18H13N11.